The minimum absolute atomic E-state index is 0.112. The summed E-state index contributed by atoms with van der Waals surface area (Å²) in [4.78, 5) is 14.8. The van der Waals surface area contributed by atoms with Crippen LogP contribution in [0.25, 0.3) is 0 Å². The number of carbonyl (C=O) groups excluding carboxylic acids is 1. The topological polar surface area (TPSA) is 67.6 Å². The van der Waals surface area contributed by atoms with Crippen molar-refractivity contribution in [2.24, 2.45) is 0 Å². The van der Waals surface area contributed by atoms with Crippen LogP contribution < -0.4 is 15.8 Å². The highest BCUT2D eigenvalue weighted by Gasteiger charge is 2.23. The van der Waals surface area contributed by atoms with Crippen LogP contribution in [0.1, 0.15) is 23.7 Å². The van der Waals surface area contributed by atoms with E-state index in [1.54, 1.807) is 25.3 Å². The number of anilines is 1. The highest BCUT2D eigenvalue weighted by atomic mass is 16.5. The second-order valence-electron chi connectivity index (χ2n) is 5.14. The van der Waals surface area contributed by atoms with Gasteiger partial charge in [-0.2, -0.15) is 0 Å². The summed E-state index contributed by atoms with van der Waals surface area (Å²) in [5, 5.41) is 3.35. The van der Waals surface area contributed by atoms with Crippen LogP contribution in [0.5, 0.6) is 5.75 Å². The Kier molecular flexibility index (Phi) is 4.98. The zero-order chi connectivity index (χ0) is 14.5. The minimum atomic E-state index is -0.123. The fourth-order valence-electron chi connectivity index (χ4n) is 2.55. The van der Waals surface area contributed by atoms with E-state index in [0.717, 1.165) is 32.6 Å². The van der Waals surface area contributed by atoms with E-state index < -0.39 is 0 Å². The monoisotopic (exact) mass is 277 g/mol. The van der Waals surface area contributed by atoms with E-state index in [1.165, 1.54) is 0 Å². The molecule has 0 aliphatic carbocycles. The average Bonchev–Trinajstić information content (AvgIpc) is 2.74. The number of nitrogens with two attached hydrogens (primary N) is 1. The van der Waals surface area contributed by atoms with Gasteiger partial charge < -0.3 is 15.8 Å². The predicted molar refractivity (Wildman–Crippen MR) is 80.3 cm³/mol. The van der Waals surface area contributed by atoms with Gasteiger partial charge in [-0.15, -0.1) is 0 Å². The van der Waals surface area contributed by atoms with E-state index in [-0.39, 0.29) is 11.8 Å². The minimum Gasteiger partial charge on any atom is -0.495 e. The van der Waals surface area contributed by atoms with Crippen molar-refractivity contribution in [1.82, 2.24) is 10.2 Å². The lowest BCUT2D eigenvalue weighted by Gasteiger charge is -2.26. The molecule has 0 aromatic heterocycles. The summed E-state index contributed by atoms with van der Waals surface area (Å²) in [6.07, 6.45) is 1.07. The summed E-state index contributed by atoms with van der Waals surface area (Å²) in [5.41, 5.74) is 7.02. The van der Waals surface area contributed by atoms with E-state index in [2.05, 4.69) is 10.2 Å². The Balaban J connectivity index is 2.11. The molecule has 110 valence electrons. The maximum absolute atomic E-state index is 12.5. The molecule has 20 heavy (non-hydrogen) atoms. The number of nitrogen functional groups attached to an aromatic ring is 1. The number of Topliss-reactive ketones (excluding diaryl/α,β-unsaturated/α-hetero) is 1. The fraction of sp³-hybridized carbons (Fsp3) is 0.533. The number of ketones is 1. The van der Waals surface area contributed by atoms with Crippen LogP contribution in [0.3, 0.4) is 0 Å². The van der Waals surface area contributed by atoms with Crippen LogP contribution in [0, 0.1) is 0 Å². The van der Waals surface area contributed by atoms with Crippen molar-refractivity contribution >= 4 is 11.5 Å². The Morgan fingerprint density at radius 2 is 2.20 bits per heavy atom. The third kappa shape index (κ3) is 3.29. The number of benzene rings is 1. The standard InChI is InChI=1S/C15H23N3O2/c1-11(18-8-3-6-17-7-9-18)15(19)12-4-5-14(20-2)13(16)10-12/h4-5,10-11,17H,3,6-9,16H2,1-2H3. The molecule has 1 atom stereocenters. The van der Waals surface area contributed by atoms with E-state index in [1.807, 2.05) is 6.92 Å². The maximum atomic E-state index is 12.5. The van der Waals surface area contributed by atoms with Crippen LogP contribution in [0.4, 0.5) is 5.69 Å². The number of nitrogens with one attached hydrogen (secondary N) is 1. The first-order valence-corrected chi connectivity index (χ1v) is 7.06. The molecule has 1 aliphatic rings. The quantitative estimate of drug-likeness (QED) is 0.638. The molecule has 0 radical (unpaired) electrons. The molecule has 1 fully saturated rings. The van der Waals surface area contributed by atoms with Crippen LogP contribution in [0.2, 0.25) is 0 Å². The number of carbonyl (C=O) groups is 1. The molecule has 0 amide bonds. The van der Waals surface area contributed by atoms with E-state index >= 15 is 0 Å². The summed E-state index contributed by atoms with van der Waals surface area (Å²) in [6.45, 7) is 5.77. The lowest BCUT2D eigenvalue weighted by molar-refractivity contribution is 0.0847. The largest absolute Gasteiger partial charge is 0.495 e. The van der Waals surface area contributed by atoms with Crippen molar-refractivity contribution in [2.45, 2.75) is 19.4 Å². The molecule has 1 saturated heterocycles. The van der Waals surface area contributed by atoms with Crippen molar-refractivity contribution < 1.29 is 9.53 Å². The van der Waals surface area contributed by atoms with Gasteiger partial charge in [-0.25, -0.2) is 0 Å². The summed E-state index contributed by atoms with van der Waals surface area (Å²) in [6, 6.07) is 5.11. The molecule has 2 rings (SSSR count). The number of nitrogens with zero attached hydrogens (tertiary/aromatic N) is 1. The first-order chi connectivity index (χ1) is 9.63. The van der Waals surface area contributed by atoms with Gasteiger partial charge in [0.15, 0.2) is 5.78 Å². The van der Waals surface area contributed by atoms with Gasteiger partial charge in [0.2, 0.25) is 0 Å². The maximum Gasteiger partial charge on any atom is 0.179 e. The lowest BCUT2D eigenvalue weighted by Crippen LogP contribution is -2.41. The SMILES string of the molecule is COc1ccc(C(=O)C(C)N2CCCNCC2)cc1N. The van der Waals surface area contributed by atoms with Gasteiger partial charge >= 0.3 is 0 Å². The Bertz CT molecular complexity index is 468. The zero-order valence-electron chi connectivity index (χ0n) is 12.2. The third-order valence-electron chi connectivity index (χ3n) is 3.82. The average molecular weight is 277 g/mol. The van der Waals surface area contributed by atoms with E-state index in [9.17, 15) is 4.79 Å². The number of rotatable bonds is 4. The van der Waals surface area contributed by atoms with Gasteiger partial charge in [-0.3, -0.25) is 9.69 Å². The smallest absolute Gasteiger partial charge is 0.179 e. The molecule has 1 aliphatic heterocycles. The van der Waals surface area contributed by atoms with Gasteiger partial charge in [-0.05, 0) is 38.1 Å². The van der Waals surface area contributed by atoms with Crippen molar-refractivity contribution in [3.63, 3.8) is 0 Å². The molecule has 5 nitrogen and oxygen atoms in total. The van der Waals surface area contributed by atoms with Crippen molar-refractivity contribution in [3.05, 3.63) is 23.8 Å². The number of hydrogen-bond donors (Lipinski definition) is 2. The molecule has 1 aromatic rings. The van der Waals surface area contributed by atoms with Crippen LogP contribution >= 0.6 is 0 Å². The van der Waals surface area contributed by atoms with E-state index in [0.29, 0.717) is 17.0 Å². The summed E-state index contributed by atoms with van der Waals surface area (Å²) in [5.74, 6) is 0.717. The molecular weight excluding hydrogens is 254 g/mol. The Morgan fingerprint density at radius 3 is 2.90 bits per heavy atom. The number of hydrogen-bond acceptors (Lipinski definition) is 5. The molecule has 0 spiro atoms. The fourth-order valence-corrected chi connectivity index (χ4v) is 2.55. The zero-order valence-corrected chi connectivity index (χ0v) is 12.2. The third-order valence-corrected chi connectivity index (χ3v) is 3.82. The molecule has 0 bridgehead atoms. The van der Waals surface area contributed by atoms with Gasteiger partial charge in [0.1, 0.15) is 5.75 Å². The number of methoxy groups -OCH3 is 1. The van der Waals surface area contributed by atoms with Crippen LogP contribution in [0.15, 0.2) is 18.2 Å². The summed E-state index contributed by atoms with van der Waals surface area (Å²) >= 11 is 0. The van der Waals surface area contributed by atoms with E-state index in [4.69, 9.17) is 10.5 Å². The highest BCUT2D eigenvalue weighted by molar-refractivity contribution is 6.00. The lowest BCUT2D eigenvalue weighted by atomic mass is 10.0. The first-order valence-electron chi connectivity index (χ1n) is 7.06. The second kappa shape index (κ2) is 6.72. The molecule has 5 heteroatoms. The van der Waals surface area contributed by atoms with Crippen molar-refractivity contribution in [3.8, 4) is 5.75 Å². The first kappa shape index (κ1) is 14.8. The Hall–Kier alpha value is -1.59. The van der Waals surface area contributed by atoms with Gasteiger partial charge in [0.05, 0.1) is 18.8 Å². The van der Waals surface area contributed by atoms with Crippen molar-refractivity contribution in [2.75, 3.05) is 39.0 Å². The predicted octanol–water partition coefficient (Wildman–Crippen LogP) is 1.14. The molecule has 1 heterocycles. The highest BCUT2D eigenvalue weighted by Crippen LogP contribution is 2.23. The van der Waals surface area contributed by atoms with Crippen LogP contribution in [-0.2, 0) is 0 Å². The van der Waals surface area contributed by atoms with Gasteiger partial charge in [0, 0.05) is 25.2 Å². The molecule has 0 saturated carbocycles. The second-order valence-corrected chi connectivity index (χ2v) is 5.14. The molecular formula is C15H23N3O2. The number of ether oxygens (including phenoxy) is 1. The normalized spacial score (nSPS) is 18.3. The van der Waals surface area contributed by atoms with Gasteiger partial charge in [-0.1, -0.05) is 0 Å². The van der Waals surface area contributed by atoms with Crippen molar-refractivity contribution in [1.29, 1.82) is 0 Å². The summed E-state index contributed by atoms with van der Waals surface area (Å²) in [7, 11) is 1.57. The Labute approximate surface area is 120 Å². The summed E-state index contributed by atoms with van der Waals surface area (Å²) < 4.78 is 5.12. The molecule has 1 aromatic carbocycles. The Morgan fingerprint density at radius 1 is 1.40 bits per heavy atom. The molecule has 3 N–H and O–H groups in total. The van der Waals surface area contributed by atoms with Crippen LogP contribution in [-0.4, -0.2) is 50.0 Å². The van der Waals surface area contributed by atoms with Gasteiger partial charge in [0.25, 0.3) is 0 Å². The molecule has 1 unspecified atom stereocenters.